The summed E-state index contributed by atoms with van der Waals surface area (Å²) < 4.78 is 15.0. The van der Waals surface area contributed by atoms with Crippen molar-refractivity contribution in [2.45, 2.75) is 23.5 Å². The molecule has 0 saturated carbocycles. The molecule has 0 aromatic heterocycles. The predicted molar refractivity (Wildman–Crippen MR) is 77.6 cm³/mol. The van der Waals surface area contributed by atoms with Crippen LogP contribution < -0.4 is 0 Å². The van der Waals surface area contributed by atoms with Crippen molar-refractivity contribution >= 4 is 27.7 Å². The van der Waals surface area contributed by atoms with Crippen molar-refractivity contribution < 1.29 is 4.39 Å². The minimum absolute atomic E-state index is 0.103. The van der Waals surface area contributed by atoms with Gasteiger partial charge in [-0.05, 0) is 28.8 Å². The van der Waals surface area contributed by atoms with E-state index in [1.54, 1.807) is 23.9 Å². The van der Waals surface area contributed by atoms with Crippen LogP contribution in [0.3, 0.4) is 0 Å². The van der Waals surface area contributed by atoms with E-state index in [2.05, 4.69) is 35.0 Å². The lowest BCUT2D eigenvalue weighted by atomic mass is 9.90. The van der Waals surface area contributed by atoms with Gasteiger partial charge < -0.3 is 0 Å². The van der Waals surface area contributed by atoms with Gasteiger partial charge in [-0.25, -0.2) is 4.39 Å². The zero-order chi connectivity index (χ0) is 12.7. The molecule has 0 spiro atoms. The standard InChI is InChI=1S/C15H12BrFS/c1-9-10-4-2-6-13(16)12(10)8-18-15-11(9)5-3-7-14(15)17/h2-7,9H,8H2,1H3. The highest BCUT2D eigenvalue weighted by atomic mass is 79.9. The highest BCUT2D eigenvalue weighted by molar-refractivity contribution is 9.10. The predicted octanol–water partition coefficient (Wildman–Crippen LogP) is 5.35. The molecule has 1 atom stereocenters. The first-order valence-electron chi connectivity index (χ1n) is 5.87. The van der Waals surface area contributed by atoms with Gasteiger partial charge in [0.2, 0.25) is 0 Å². The van der Waals surface area contributed by atoms with Gasteiger partial charge >= 0.3 is 0 Å². The minimum Gasteiger partial charge on any atom is -0.206 e. The van der Waals surface area contributed by atoms with Gasteiger partial charge in [0.1, 0.15) is 5.82 Å². The first-order valence-corrected chi connectivity index (χ1v) is 7.65. The van der Waals surface area contributed by atoms with E-state index in [0.29, 0.717) is 0 Å². The van der Waals surface area contributed by atoms with E-state index in [1.807, 2.05) is 12.1 Å². The van der Waals surface area contributed by atoms with Gasteiger partial charge in [-0.2, -0.15) is 0 Å². The summed E-state index contributed by atoms with van der Waals surface area (Å²) in [4.78, 5) is 0.799. The van der Waals surface area contributed by atoms with E-state index in [-0.39, 0.29) is 11.7 Å². The molecule has 2 aromatic rings. The summed E-state index contributed by atoms with van der Waals surface area (Å²) in [6.07, 6.45) is 0. The zero-order valence-electron chi connectivity index (χ0n) is 9.91. The lowest BCUT2D eigenvalue weighted by Crippen LogP contribution is -2.00. The van der Waals surface area contributed by atoms with Gasteiger partial charge in [-0.15, -0.1) is 11.8 Å². The molecular formula is C15H12BrFS. The Labute approximate surface area is 119 Å². The molecule has 0 radical (unpaired) electrons. The molecule has 0 saturated heterocycles. The highest BCUT2D eigenvalue weighted by Crippen LogP contribution is 2.43. The summed E-state index contributed by atoms with van der Waals surface area (Å²) in [6, 6.07) is 11.6. The van der Waals surface area contributed by atoms with Crippen LogP contribution in [-0.4, -0.2) is 0 Å². The number of halogens is 2. The Balaban J connectivity index is 2.22. The summed E-state index contributed by atoms with van der Waals surface area (Å²) in [5.74, 6) is 0.946. The Morgan fingerprint density at radius 3 is 2.72 bits per heavy atom. The number of hydrogen-bond acceptors (Lipinski definition) is 1. The maximum absolute atomic E-state index is 13.9. The average Bonchev–Trinajstić information content (AvgIpc) is 2.51. The first kappa shape index (κ1) is 12.2. The SMILES string of the molecule is CC1c2cccc(Br)c2CSc2c(F)cccc21. The van der Waals surface area contributed by atoms with E-state index >= 15 is 0 Å². The number of hydrogen-bond donors (Lipinski definition) is 0. The third kappa shape index (κ3) is 1.90. The monoisotopic (exact) mass is 322 g/mol. The summed E-state index contributed by atoms with van der Waals surface area (Å²) in [6.45, 7) is 2.15. The number of fused-ring (bicyclic) bond motifs is 2. The third-order valence-corrected chi connectivity index (χ3v) is 5.34. The van der Waals surface area contributed by atoms with Crippen LogP contribution in [0.1, 0.15) is 29.5 Å². The molecule has 0 aliphatic carbocycles. The van der Waals surface area contributed by atoms with Crippen LogP contribution in [-0.2, 0) is 5.75 Å². The van der Waals surface area contributed by atoms with Crippen LogP contribution in [0.25, 0.3) is 0 Å². The Kier molecular flexibility index (Phi) is 3.20. The van der Waals surface area contributed by atoms with Crippen molar-refractivity contribution in [2.75, 3.05) is 0 Å². The lowest BCUT2D eigenvalue weighted by molar-refractivity contribution is 0.595. The fourth-order valence-electron chi connectivity index (χ4n) is 2.46. The van der Waals surface area contributed by atoms with Crippen molar-refractivity contribution in [2.24, 2.45) is 0 Å². The van der Waals surface area contributed by atoms with Crippen molar-refractivity contribution in [3.63, 3.8) is 0 Å². The zero-order valence-corrected chi connectivity index (χ0v) is 12.3. The van der Waals surface area contributed by atoms with Crippen molar-refractivity contribution in [1.29, 1.82) is 0 Å². The average molecular weight is 323 g/mol. The summed E-state index contributed by atoms with van der Waals surface area (Å²) in [5, 5.41) is 0. The first-order chi connectivity index (χ1) is 8.68. The van der Waals surface area contributed by atoms with E-state index in [9.17, 15) is 4.39 Å². The van der Waals surface area contributed by atoms with Crippen molar-refractivity contribution in [3.05, 3.63) is 63.4 Å². The summed E-state index contributed by atoms with van der Waals surface area (Å²) in [7, 11) is 0. The molecule has 1 aliphatic rings. The molecule has 1 unspecified atom stereocenters. The van der Waals surface area contributed by atoms with Gasteiger partial charge in [0.15, 0.2) is 0 Å². The highest BCUT2D eigenvalue weighted by Gasteiger charge is 2.23. The van der Waals surface area contributed by atoms with E-state index in [0.717, 1.165) is 20.7 Å². The fourth-order valence-corrected chi connectivity index (χ4v) is 4.40. The molecule has 3 rings (SSSR count). The number of thioether (sulfide) groups is 1. The third-order valence-electron chi connectivity index (χ3n) is 3.45. The largest absolute Gasteiger partial charge is 0.206 e. The molecule has 18 heavy (non-hydrogen) atoms. The Bertz CT molecular complexity index is 556. The second-order valence-corrected chi connectivity index (χ2v) is 6.32. The molecule has 0 N–H and O–H groups in total. The van der Waals surface area contributed by atoms with Crippen LogP contribution in [0.5, 0.6) is 0 Å². The smallest absolute Gasteiger partial charge is 0.137 e. The maximum Gasteiger partial charge on any atom is 0.137 e. The molecule has 1 aliphatic heterocycles. The van der Waals surface area contributed by atoms with Gasteiger partial charge in [0.05, 0.1) is 0 Å². The number of rotatable bonds is 0. The normalized spacial score (nSPS) is 17.8. The topological polar surface area (TPSA) is 0 Å². The van der Waals surface area contributed by atoms with Crippen LogP contribution >= 0.6 is 27.7 Å². The molecule has 0 bridgehead atoms. The molecule has 1 heterocycles. The van der Waals surface area contributed by atoms with Crippen LogP contribution in [0.2, 0.25) is 0 Å². The second kappa shape index (κ2) is 4.71. The lowest BCUT2D eigenvalue weighted by Gasteiger charge is -2.15. The van der Waals surface area contributed by atoms with Crippen molar-refractivity contribution in [1.82, 2.24) is 0 Å². The Hall–Kier alpha value is -0.800. The van der Waals surface area contributed by atoms with Crippen LogP contribution in [0, 0.1) is 5.82 Å². The molecule has 0 amide bonds. The van der Waals surface area contributed by atoms with Gasteiger partial charge in [-0.1, -0.05) is 47.1 Å². The van der Waals surface area contributed by atoms with Gasteiger partial charge in [-0.3, -0.25) is 0 Å². The minimum atomic E-state index is -0.103. The number of benzene rings is 2. The van der Waals surface area contributed by atoms with E-state index < -0.39 is 0 Å². The Morgan fingerprint density at radius 2 is 1.89 bits per heavy atom. The van der Waals surface area contributed by atoms with Crippen LogP contribution in [0.15, 0.2) is 45.8 Å². The maximum atomic E-state index is 13.9. The molecular weight excluding hydrogens is 311 g/mol. The van der Waals surface area contributed by atoms with Crippen LogP contribution in [0.4, 0.5) is 4.39 Å². The molecule has 3 heteroatoms. The molecule has 92 valence electrons. The quantitative estimate of drug-likeness (QED) is 0.630. The summed E-state index contributed by atoms with van der Waals surface area (Å²) in [5.41, 5.74) is 3.67. The van der Waals surface area contributed by atoms with E-state index in [1.165, 1.54) is 11.1 Å². The van der Waals surface area contributed by atoms with E-state index in [4.69, 9.17) is 0 Å². The van der Waals surface area contributed by atoms with Gasteiger partial charge in [0, 0.05) is 21.0 Å². The Morgan fingerprint density at radius 1 is 1.17 bits per heavy atom. The second-order valence-electron chi connectivity index (χ2n) is 4.48. The molecule has 2 aromatic carbocycles. The summed E-state index contributed by atoms with van der Waals surface area (Å²) >= 11 is 5.19. The van der Waals surface area contributed by atoms with Crippen molar-refractivity contribution in [3.8, 4) is 0 Å². The van der Waals surface area contributed by atoms with Gasteiger partial charge in [0.25, 0.3) is 0 Å². The fraction of sp³-hybridized carbons (Fsp3) is 0.200. The molecule has 0 fully saturated rings. The molecule has 0 nitrogen and oxygen atoms in total.